The lowest BCUT2D eigenvalue weighted by atomic mass is 9.93. The van der Waals surface area contributed by atoms with Crippen LogP contribution < -0.4 is 0 Å². The molecule has 1 aromatic carbocycles. The van der Waals surface area contributed by atoms with E-state index in [1.807, 2.05) is 37.3 Å². The van der Waals surface area contributed by atoms with Gasteiger partial charge in [0.2, 0.25) is 0 Å². The summed E-state index contributed by atoms with van der Waals surface area (Å²) in [5, 5.41) is 8.95. The van der Waals surface area contributed by atoms with Crippen molar-refractivity contribution >= 4 is 8.32 Å². The molecular weight excluding hydrogens is 214 g/mol. The highest BCUT2D eigenvalue weighted by molar-refractivity contribution is 6.69. The third-order valence-electron chi connectivity index (χ3n) is 2.33. The van der Waals surface area contributed by atoms with Crippen LogP contribution in [-0.2, 0) is 10.0 Å². The van der Waals surface area contributed by atoms with Gasteiger partial charge in [-0.25, -0.2) is 0 Å². The van der Waals surface area contributed by atoms with E-state index in [-0.39, 0.29) is 0 Å². The molecular formula is C13H19NOSi. The number of nitriles is 1. The standard InChI is InChI=1S/C13H19NOSi/c1-13(10-11-14,15-16(2,3)4)12-8-6-5-7-9-12/h5-9H,10H2,1-4H3. The quantitative estimate of drug-likeness (QED) is 0.743. The molecule has 16 heavy (non-hydrogen) atoms. The summed E-state index contributed by atoms with van der Waals surface area (Å²) in [6.45, 7) is 8.44. The third-order valence-corrected chi connectivity index (χ3v) is 3.40. The average Bonchev–Trinajstić information content (AvgIpc) is 2.16. The van der Waals surface area contributed by atoms with E-state index < -0.39 is 13.9 Å². The van der Waals surface area contributed by atoms with E-state index in [1.165, 1.54) is 0 Å². The Hall–Kier alpha value is -1.11. The van der Waals surface area contributed by atoms with Crippen molar-refractivity contribution in [2.75, 3.05) is 0 Å². The van der Waals surface area contributed by atoms with E-state index in [9.17, 15) is 0 Å². The summed E-state index contributed by atoms with van der Waals surface area (Å²) in [5.74, 6) is 0. The van der Waals surface area contributed by atoms with Gasteiger partial charge in [-0.1, -0.05) is 30.3 Å². The third kappa shape index (κ3) is 3.48. The zero-order chi connectivity index (χ0) is 12.2. The fourth-order valence-electron chi connectivity index (χ4n) is 1.81. The van der Waals surface area contributed by atoms with Crippen LogP contribution in [0.15, 0.2) is 30.3 Å². The molecule has 0 radical (unpaired) electrons. The van der Waals surface area contributed by atoms with Gasteiger partial charge in [0.05, 0.1) is 18.1 Å². The first-order valence-electron chi connectivity index (χ1n) is 5.50. The Bertz CT molecular complexity index is 377. The second-order valence-electron chi connectivity index (χ2n) is 5.15. The number of rotatable bonds is 4. The van der Waals surface area contributed by atoms with Crippen molar-refractivity contribution in [1.29, 1.82) is 5.26 Å². The Balaban J connectivity index is 3.03. The number of benzene rings is 1. The molecule has 2 nitrogen and oxygen atoms in total. The van der Waals surface area contributed by atoms with Crippen LogP contribution in [0.1, 0.15) is 18.9 Å². The SMILES string of the molecule is CC(CC#N)(O[Si](C)(C)C)c1ccccc1. The normalized spacial score (nSPS) is 15.2. The summed E-state index contributed by atoms with van der Waals surface area (Å²) in [6, 6.07) is 12.2. The number of hydrogen-bond acceptors (Lipinski definition) is 2. The molecule has 0 heterocycles. The van der Waals surface area contributed by atoms with Crippen LogP contribution in [0, 0.1) is 11.3 Å². The molecule has 0 saturated carbocycles. The first-order valence-corrected chi connectivity index (χ1v) is 8.91. The summed E-state index contributed by atoms with van der Waals surface area (Å²) in [7, 11) is -1.66. The Labute approximate surface area is 99.0 Å². The van der Waals surface area contributed by atoms with Crippen LogP contribution in [0.5, 0.6) is 0 Å². The summed E-state index contributed by atoms with van der Waals surface area (Å²) < 4.78 is 6.17. The first-order chi connectivity index (χ1) is 7.37. The highest BCUT2D eigenvalue weighted by atomic mass is 28.4. The molecule has 0 amide bonds. The Morgan fingerprint density at radius 1 is 1.25 bits per heavy atom. The van der Waals surface area contributed by atoms with Crippen LogP contribution in [0.3, 0.4) is 0 Å². The number of nitrogens with zero attached hydrogens (tertiary/aromatic N) is 1. The fraction of sp³-hybridized carbons (Fsp3) is 0.462. The van der Waals surface area contributed by atoms with Gasteiger partial charge in [-0.15, -0.1) is 0 Å². The minimum atomic E-state index is -1.66. The summed E-state index contributed by atoms with van der Waals surface area (Å²) >= 11 is 0. The Kier molecular flexibility index (Phi) is 3.90. The molecule has 0 aromatic heterocycles. The molecule has 1 rings (SSSR count). The van der Waals surface area contributed by atoms with Crippen molar-refractivity contribution in [3.63, 3.8) is 0 Å². The van der Waals surface area contributed by atoms with Crippen LogP contribution in [0.25, 0.3) is 0 Å². The molecule has 0 saturated heterocycles. The van der Waals surface area contributed by atoms with Crippen molar-refractivity contribution in [2.45, 2.75) is 38.6 Å². The van der Waals surface area contributed by atoms with Crippen molar-refractivity contribution < 1.29 is 4.43 Å². The van der Waals surface area contributed by atoms with Gasteiger partial charge in [-0.2, -0.15) is 5.26 Å². The Morgan fingerprint density at radius 2 is 1.81 bits per heavy atom. The van der Waals surface area contributed by atoms with Crippen molar-refractivity contribution in [1.82, 2.24) is 0 Å². The lowest BCUT2D eigenvalue weighted by Gasteiger charge is -2.35. The monoisotopic (exact) mass is 233 g/mol. The van der Waals surface area contributed by atoms with E-state index in [4.69, 9.17) is 9.69 Å². The van der Waals surface area contributed by atoms with Gasteiger partial charge in [0.1, 0.15) is 0 Å². The predicted octanol–water partition coefficient (Wildman–Crippen LogP) is 3.67. The molecule has 0 aliphatic rings. The van der Waals surface area contributed by atoms with Crippen molar-refractivity contribution in [3.05, 3.63) is 35.9 Å². The highest BCUT2D eigenvalue weighted by Crippen LogP contribution is 2.31. The first kappa shape index (κ1) is 13.0. The van der Waals surface area contributed by atoms with E-state index in [0.29, 0.717) is 6.42 Å². The largest absolute Gasteiger partial charge is 0.407 e. The molecule has 0 aliphatic heterocycles. The fourth-order valence-corrected chi connectivity index (χ4v) is 3.36. The molecule has 0 spiro atoms. The van der Waals surface area contributed by atoms with E-state index in [2.05, 4.69) is 25.7 Å². The van der Waals surface area contributed by atoms with E-state index in [1.54, 1.807) is 0 Å². The van der Waals surface area contributed by atoms with Gasteiger partial charge < -0.3 is 4.43 Å². The average molecular weight is 233 g/mol. The molecule has 1 unspecified atom stereocenters. The molecule has 1 aromatic rings. The van der Waals surface area contributed by atoms with E-state index >= 15 is 0 Å². The molecule has 0 bridgehead atoms. The maximum Gasteiger partial charge on any atom is 0.185 e. The van der Waals surface area contributed by atoms with E-state index in [0.717, 1.165) is 5.56 Å². The Morgan fingerprint density at radius 3 is 2.25 bits per heavy atom. The molecule has 0 aliphatic carbocycles. The summed E-state index contributed by atoms with van der Waals surface area (Å²) in [6.07, 6.45) is 0.390. The summed E-state index contributed by atoms with van der Waals surface area (Å²) in [4.78, 5) is 0. The number of hydrogen-bond donors (Lipinski definition) is 0. The van der Waals surface area contributed by atoms with Gasteiger partial charge in [0.15, 0.2) is 8.32 Å². The topological polar surface area (TPSA) is 33.0 Å². The van der Waals surface area contributed by atoms with Gasteiger partial charge in [0, 0.05) is 0 Å². The summed E-state index contributed by atoms with van der Waals surface area (Å²) in [5.41, 5.74) is 0.611. The maximum atomic E-state index is 8.95. The van der Waals surface area contributed by atoms with Gasteiger partial charge >= 0.3 is 0 Å². The van der Waals surface area contributed by atoms with Gasteiger partial charge in [-0.3, -0.25) is 0 Å². The van der Waals surface area contributed by atoms with Crippen molar-refractivity contribution in [2.24, 2.45) is 0 Å². The predicted molar refractivity (Wildman–Crippen MR) is 68.5 cm³/mol. The van der Waals surface area contributed by atoms with Gasteiger partial charge in [-0.05, 0) is 32.1 Å². The second kappa shape index (κ2) is 4.81. The molecule has 3 heteroatoms. The zero-order valence-corrected chi connectivity index (χ0v) is 11.4. The minimum Gasteiger partial charge on any atom is -0.407 e. The highest BCUT2D eigenvalue weighted by Gasteiger charge is 2.32. The maximum absolute atomic E-state index is 8.95. The zero-order valence-electron chi connectivity index (χ0n) is 10.4. The smallest absolute Gasteiger partial charge is 0.185 e. The lowest BCUT2D eigenvalue weighted by Crippen LogP contribution is -2.38. The lowest BCUT2D eigenvalue weighted by molar-refractivity contribution is 0.0836. The van der Waals surface area contributed by atoms with Crippen molar-refractivity contribution in [3.8, 4) is 6.07 Å². The molecule has 0 fully saturated rings. The second-order valence-corrected chi connectivity index (χ2v) is 9.58. The molecule has 1 atom stereocenters. The minimum absolute atomic E-state index is 0.390. The molecule has 0 N–H and O–H groups in total. The van der Waals surface area contributed by atoms with Gasteiger partial charge in [0.25, 0.3) is 0 Å². The van der Waals surface area contributed by atoms with Crippen LogP contribution in [0.4, 0.5) is 0 Å². The van der Waals surface area contributed by atoms with Crippen LogP contribution in [-0.4, -0.2) is 8.32 Å². The van der Waals surface area contributed by atoms with Crippen LogP contribution in [0.2, 0.25) is 19.6 Å². The van der Waals surface area contributed by atoms with Crippen LogP contribution >= 0.6 is 0 Å². The molecule has 86 valence electrons.